The molecule has 1 aromatic rings. The minimum atomic E-state index is 0.577. The lowest BCUT2D eigenvalue weighted by atomic mass is 10.3. The Kier molecular flexibility index (Phi) is 7.69. The number of rotatable bonds is 8. The molecule has 3 rings (SSSR count). The minimum absolute atomic E-state index is 0.577. The first-order chi connectivity index (χ1) is 11.1. The molecule has 23 heavy (non-hydrogen) atoms. The second-order valence-corrected chi connectivity index (χ2v) is 8.32. The van der Waals surface area contributed by atoms with Crippen LogP contribution in [0.4, 0.5) is 0 Å². The average Bonchev–Trinajstić information content (AvgIpc) is 3.39. The van der Waals surface area contributed by atoms with Gasteiger partial charge >= 0.3 is 0 Å². The van der Waals surface area contributed by atoms with E-state index in [-0.39, 0.29) is 0 Å². The summed E-state index contributed by atoms with van der Waals surface area (Å²) in [4.78, 5) is 1.13. The number of nitrogens with one attached hydrogen (secondary N) is 2. The molecule has 130 valence electrons. The van der Waals surface area contributed by atoms with Gasteiger partial charge in [-0.15, -0.1) is 0 Å². The normalized spacial score (nSPS) is 23.6. The number of halogens is 2. The Morgan fingerprint density at radius 2 is 1.87 bits per heavy atom. The van der Waals surface area contributed by atoms with Gasteiger partial charge in [-0.1, -0.05) is 0 Å². The minimum Gasteiger partial charge on any atom is -0.496 e. The zero-order valence-corrected chi connectivity index (χ0v) is 17.7. The van der Waals surface area contributed by atoms with Crippen LogP contribution < -0.4 is 14.8 Å². The van der Waals surface area contributed by atoms with Gasteiger partial charge in [-0.25, -0.2) is 0 Å². The van der Waals surface area contributed by atoms with Crippen molar-refractivity contribution >= 4 is 43.8 Å². The van der Waals surface area contributed by atoms with Crippen molar-refractivity contribution < 1.29 is 9.47 Å². The van der Waals surface area contributed by atoms with Crippen LogP contribution in [-0.2, 0) is 4.74 Å². The molecular weight excluding hydrogens is 444 g/mol. The lowest BCUT2D eigenvalue weighted by molar-refractivity contribution is 0.215. The van der Waals surface area contributed by atoms with E-state index in [9.17, 15) is 0 Å². The number of benzene rings is 1. The third kappa shape index (κ3) is 5.61. The van der Waals surface area contributed by atoms with Crippen LogP contribution in [0.2, 0.25) is 0 Å². The molecule has 2 saturated carbocycles. The van der Waals surface area contributed by atoms with Crippen molar-refractivity contribution in [1.29, 1.82) is 0 Å². The Balaban J connectivity index is 0.000000433. The Bertz CT molecular complexity index is 523. The van der Waals surface area contributed by atoms with E-state index < -0.39 is 0 Å². The number of hydrogen-bond donors (Lipinski definition) is 2. The van der Waals surface area contributed by atoms with Crippen molar-refractivity contribution in [2.75, 3.05) is 33.9 Å². The molecule has 0 heterocycles. The summed E-state index contributed by atoms with van der Waals surface area (Å²) in [5.41, 5.74) is 0.577. The van der Waals surface area contributed by atoms with Crippen molar-refractivity contribution in [3.8, 4) is 5.75 Å². The molecule has 0 atom stereocenters. The SMILES string of the molecule is CCOC.COc1cc(SNCCNC23CC2C3)c(Br)cc1Br. The standard InChI is InChI=1S/C13H16Br2N2OS.C3H8O/c1-18-11-5-12(10(15)4-9(11)14)19-17-3-2-16-13-6-8(13)7-13;1-3-4-2/h4-5,8,16-17H,2-3,6-7H2,1H3;3H2,1-2H3. The molecule has 4 nitrogen and oxygen atoms in total. The molecule has 0 unspecified atom stereocenters. The average molecular weight is 468 g/mol. The molecule has 0 amide bonds. The largest absolute Gasteiger partial charge is 0.496 e. The first-order valence-corrected chi connectivity index (χ1v) is 10.1. The van der Waals surface area contributed by atoms with Gasteiger partial charge < -0.3 is 14.8 Å². The molecule has 2 N–H and O–H groups in total. The topological polar surface area (TPSA) is 42.5 Å². The van der Waals surface area contributed by atoms with Gasteiger partial charge in [0.15, 0.2) is 0 Å². The zero-order valence-electron chi connectivity index (χ0n) is 13.7. The second-order valence-electron chi connectivity index (χ2n) is 5.68. The van der Waals surface area contributed by atoms with Crippen LogP contribution in [0.3, 0.4) is 0 Å². The molecule has 0 spiro atoms. The van der Waals surface area contributed by atoms with Crippen LogP contribution in [0.25, 0.3) is 0 Å². The van der Waals surface area contributed by atoms with Crippen LogP contribution in [0, 0.1) is 5.92 Å². The van der Waals surface area contributed by atoms with Crippen LogP contribution in [0.1, 0.15) is 19.8 Å². The Morgan fingerprint density at radius 3 is 2.39 bits per heavy atom. The van der Waals surface area contributed by atoms with Gasteiger partial charge in [-0.2, -0.15) is 0 Å². The van der Waals surface area contributed by atoms with E-state index in [0.29, 0.717) is 5.54 Å². The third-order valence-corrected chi connectivity index (χ3v) is 6.51. The van der Waals surface area contributed by atoms with E-state index in [1.807, 2.05) is 19.1 Å². The summed E-state index contributed by atoms with van der Waals surface area (Å²) in [6.45, 7) is 4.78. The van der Waals surface area contributed by atoms with Gasteiger partial charge in [0.25, 0.3) is 0 Å². The van der Waals surface area contributed by atoms with Gasteiger partial charge in [-0.3, -0.25) is 4.72 Å². The first-order valence-electron chi connectivity index (χ1n) is 7.73. The molecule has 1 aromatic carbocycles. The second kappa shape index (κ2) is 9.06. The maximum atomic E-state index is 5.31. The van der Waals surface area contributed by atoms with Gasteiger partial charge in [-0.05, 0) is 81.6 Å². The van der Waals surface area contributed by atoms with E-state index in [2.05, 4.69) is 46.6 Å². The fourth-order valence-electron chi connectivity index (χ4n) is 2.23. The molecule has 2 fully saturated rings. The number of fused-ring (bicyclic) bond motifs is 1. The van der Waals surface area contributed by atoms with E-state index in [4.69, 9.17) is 4.74 Å². The predicted octanol–water partition coefficient (Wildman–Crippen LogP) is 4.22. The fraction of sp³-hybridized carbons (Fsp3) is 0.625. The quantitative estimate of drug-likeness (QED) is 0.442. The van der Waals surface area contributed by atoms with Crippen molar-refractivity contribution in [3.63, 3.8) is 0 Å². The summed E-state index contributed by atoms with van der Waals surface area (Å²) < 4.78 is 15.3. The van der Waals surface area contributed by atoms with Gasteiger partial charge in [0, 0.05) is 41.7 Å². The molecule has 7 heteroatoms. The number of ether oxygens (including phenoxy) is 2. The van der Waals surface area contributed by atoms with Crippen LogP contribution >= 0.6 is 43.8 Å². The summed E-state index contributed by atoms with van der Waals surface area (Å²) in [5.74, 6) is 1.85. The lowest BCUT2D eigenvalue weighted by Gasteiger charge is -2.11. The maximum absolute atomic E-state index is 5.31. The molecule has 0 saturated heterocycles. The molecule has 0 aromatic heterocycles. The van der Waals surface area contributed by atoms with E-state index in [1.165, 1.54) is 12.8 Å². The van der Waals surface area contributed by atoms with E-state index >= 15 is 0 Å². The van der Waals surface area contributed by atoms with E-state index in [0.717, 1.165) is 45.2 Å². The molecular formula is C16H24Br2N2O2S. The Morgan fingerprint density at radius 1 is 1.22 bits per heavy atom. The molecule has 2 aliphatic rings. The Labute approximate surface area is 159 Å². The molecule has 0 bridgehead atoms. The number of methoxy groups -OCH3 is 2. The monoisotopic (exact) mass is 466 g/mol. The van der Waals surface area contributed by atoms with Crippen molar-refractivity contribution in [2.45, 2.75) is 30.2 Å². The van der Waals surface area contributed by atoms with Crippen molar-refractivity contribution in [3.05, 3.63) is 21.1 Å². The van der Waals surface area contributed by atoms with E-state index in [1.54, 1.807) is 26.2 Å². The van der Waals surface area contributed by atoms with Crippen LogP contribution in [0.5, 0.6) is 5.75 Å². The molecule has 0 aliphatic heterocycles. The number of hydrogen-bond acceptors (Lipinski definition) is 5. The van der Waals surface area contributed by atoms with Crippen LogP contribution in [0.15, 0.2) is 26.0 Å². The van der Waals surface area contributed by atoms with Gasteiger partial charge in [0.05, 0.1) is 11.6 Å². The summed E-state index contributed by atoms with van der Waals surface area (Å²) in [5, 5.41) is 3.62. The highest BCUT2D eigenvalue weighted by molar-refractivity contribution is 9.11. The lowest BCUT2D eigenvalue weighted by Crippen LogP contribution is -2.29. The highest BCUT2D eigenvalue weighted by Gasteiger charge is 2.69. The third-order valence-electron chi connectivity index (χ3n) is 4.06. The summed E-state index contributed by atoms with van der Waals surface area (Å²) in [6, 6.07) is 4.04. The van der Waals surface area contributed by atoms with Crippen molar-refractivity contribution in [1.82, 2.24) is 10.0 Å². The van der Waals surface area contributed by atoms with Gasteiger partial charge in [0.1, 0.15) is 5.75 Å². The zero-order chi connectivity index (χ0) is 16.9. The van der Waals surface area contributed by atoms with Crippen molar-refractivity contribution in [2.24, 2.45) is 5.92 Å². The predicted molar refractivity (Wildman–Crippen MR) is 103 cm³/mol. The molecule has 2 aliphatic carbocycles. The Hall–Kier alpha value is 0.210. The highest BCUT2D eigenvalue weighted by atomic mass is 79.9. The summed E-state index contributed by atoms with van der Waals surface area (Å²) in [7, 11) is 3.36. The smallest absolute Gasteiger partial charge is 0.134 e. The summed E-state index contributed by atoms with van der Waals surface area (Å²) >= 11 is 8.67. The fourth-order valence-corrected chi connectivity index (χ4v) is 4.31. The highest BCUT2D eigenvalue weighted by Crippen LogP contribution is 2.66. The summed E-state index contributed by atoms with van der Waals surface area (Å²) in [6.07, 6.45) is 2.80. The van der Waals surface area contributed by atoms with Crippen LogP contribution in [-0.4, -0.2) is 39.5 Å². The first kappa shape index (κ1) is 19.5. The van der Waals surface area contributed by atoms with Gasteiger partial charge in [0.2, 0.25) is 0 Å². The molecule has 0 radical (unpaired) electrons. The maximum Gasteiger partial charge on any atom is 0.134 e.